The van der Waals surface area contributed by atoms with Crippen molar-refractivity contribution in [2.75, 3.05) is 24.0 Å². The number of anilines is 1. The predicted molar refractivity (Wildman–Crippen MR) is 134 cm³/mol. The van der Waals surface area contributed by atoms with Gasteiger partial charge in [0, 0.05) is 5.39 Å². The van der Waals surface area contributed by atoms with Crippen LogP contribution < -0.4 is 19.1 Å². The van der Waals surface area contributed by atoms with Gasteiger partial charge in [-0.25, -0.2) is 8.42 Å². The number of sulfonamides is 1. The van der Waals surface area contributed by atoms with Crippen LogP contribution in [0, 0.1) is 0 Å². The number of para-hydroxylation sites is 2. The predicted octanol–water partition coefficient (Wildman–Crippen LogP) is 3.99. The number of carbonyl (C=O) groups excluding carboxylic acids is 1. The summed E-state index contributed by atoms with van der Waals surface area (Å²) >= 11 is 0. The molecule has 0 bridgehead atoms. The maximum Gasteiger partial charge on any atom is 0.264 e. The molecule has 1 heterocycles. The van der Waals surface area contributed by atoms with E-state index >= 15 is 0 Å². The first-order valence-corrected chi connectivity index (χ1v) is 12.7. The standard InChI is InChI=1S/C27H24N2O5S/c30-27(28-17-18-33-24-16-8-10-20-9-4-5-13-22(20)24)26-19-29(23-14-6-7-15-25(23)34-26)35(31,32)21-11-2-1-3-12-21/h1-16,26H,17-19H2,(H,28,30)/t26-/m1/s1. The fraction of sp³-hybridized carbons (Fsp3) is 0.148. The highest BCUT2D eigenvalue weighted by molar-refractivity contribution is 7.92. The molecule has 0 aliphatic carbocycles. The molecule has 0 aromatic heterocycles. The minimum atomic E-state index is -3.88. The van der Waals surface area contributed by atoms with Crippen LogP contribution in [0.3, 0.4) is 0 Å². The van der Waals surface area contributed by atoms with E-state index in [9.17, 15) is 13.2 Å². The number of carbonyl (C=O) groups is 1. The van der Waals surface area contributed by atoms with Crippen molar-refractivity contribution in [2.45, 2.75) is 11.0 Å². The summed E-state index contributed by atoms with van der Waals surface area (Å²) in [7, 11) is -3.88. The first-order valence-electron chi connectivity index (χ1n) is 11.3. The molecule has 0 saturated carbocycles. The second-order valence-electron chi connectivity index (χ2n) is 8.04. The lowest BCUT2D eigenvalue weighted by Gasteiger charge is -2.34. The lowest BCUT2D eigenvalue weighted by atomic mass is 10.1. The second kappa shape index (κ2) is 9.68. The molecule has 4 aromatic rings. The van der Waals surface area contributed by atoms with Gasteiger partial charge in [-0.2, -0.15) is 0 Å². The molecule has 1 aliphatic heterocycles. The maximum absolute atomic E-state index is 13.4. The van der Waals surface area contributed by atoms with E-state index < -0.39 is 22.0 Å². The highest BCUT2D eigenvalue weighted by atomic mass is 32.2. The Bertz CT molecular complexity index is 1450. The molecule has 1 aliphatic rings. The first kappa shape index (κ1) is 22.7. The number of hydrogen-bond donors (Lipinski definition) is 1. The van der Waals surface area contributed by atoms with Crippen molar-refractivity contribution >= 4 is 32.4 Å². The van der Waals surface area contributed by atoms with Gasteiger partial charge in [0.05, 0.1) is 23.7 Å². The highest BCUT2D eigenvalue weighted by Gasteiger charge is 2.37. The lowest BCUT2D eigenvalue weighted by molar-refractivity contribution is -0.127. The molecule has 1 N–H and O–H groups in total. The van der Waals surface area contributed by atoms with Gasteiger partial charge in [-0.15, -0.1) is 0 Å². The number of benzene rings is 4. The van der Waals surface area contributed by atoms with E-state index in [4.69, 9.17) is 9.47 Å². The molecule has 0 radical (unpaired) electrons. The van der Waals surface area contributed by atoms with E-state index in [1.807, 2.05) is 42.5 Å². The fourth-order valence-corrected chi connectivity index (χ4v) is 5.55. The van der Waals surface area contributed by atoms with Crippen LogP contribution in [0.5, 0.6) is 11.5 Å². The summed E-state index contributed by atoms with van der Waals surface area (Å²) in [6.45, 7) is 0.369. The molecular weight excluding hydrogens is 464 g/mol. The molecule has 0 spiro atoms. The summed E-state index contributed by atoms with van der Waals surface area (Å²) in [6, 6.07) is 28.7. The molecule has 178 valence electrons. The zero-order valence-corrected chi connectivity index (χ0v) is 19.6. The van der Waals surface area contributed by atoms with Gasteiger partial charge < -0.3 is 14.8 Å². The van der Waals surface area contributed by atoms with Crippen LogP contribution in [0.2, 0.25) is 0 Å². The third-order valence-corrected chi connectivity index (χ3v) is 7.56. The molecule has 0 unspecified atom stereocenters. The molecule has 4 aromatic carbocycles. The normalized spacial score (nSPS) is 15.2. The zero-order chi connectivity index (χ0) is 24.3. The number of ether oxygens (including phenoxy) is 2. The summed E-state index contributed by atoms with van der Waals surface area (Å²) in [5, 5.41) is 4.87. The fourth-order valence-electron chi connectivity index (χ4n) is 4.06. The van der Waals surface area contributed by atoms with Crippen molar-refractivity contribution in [3.05, 3.63) is 97.1 Å². The molecule has 0 saturated heterocycles. The van der Waals surface area contributed by atoms with Gasteiger partial charge in [0.15, 0.2) is 6.10 Å². The Hall–Kier alpha value is -4.04. The van der Waals surface area contributed by atoms with E-state index in [0.717, 1.165) is 16.5 Å². The van der Waals surface area contributed by atoms with E-state index in [1.54, 1.807) is 42.5 Å². The van der Waals surface area contributed by atoms with E-state index in [-0.39, 0.29) is 24.6 Å². The Labute approximate surface area is 204 Å². The van der Waals surface area contributed by atoms with Crippen LogP contribution in [0.1, 0.15) is 0 Å². The Morgan fingerprint density at radius 3 is 2.49 bits per heavy atom. The van der Waals surface area contributed by atoms with Gasteiger partial charge >= 0.3 is 0 Å². The van der Waals surface area contributed by atoms with Gasteiger partial charge in [-0.05, 0) is 35.7 Å². The molecule has 35 heavy (non-hydrogen) atoms. The first-order chi connectivity index (χ1) is 17.0. The van der Waals surface area contributed by atoms with Crippen LogP contribution in [0.4, 0.5) is 5.69 Å². The second-order valence-corrected chi connectivity index (χ2v) is 9.90. The smallest absolute Gasteiger partial charge is 0.264 e. The third kappa shape index (κ3) is 4.65. The topological polar surface area (TPSA) is 84.9 Å². The van der Waals surface area contributed by atoms with Crippen molar-refractivity contribution in [1.82, 2.24) is 5.32 Å². The van der Waals surface area contributed by atoms with Gasteiger partial charge in [-0.1, -0.05) is 66.7 Å². The van der Waals surface area contributed by atoms with Crippen LogP contribution in [-0.4, -0.2) is 40.1 Å². The number of rotatable bonds is 7. The van der Waals surface area contributed by atoms with Crippen molar-refractivity contribution in [1.29, 1.82) is 0 Å². The maximum atomic E-state index is 13.4. The molecular formula is C27H24N2O5S. The van der Waals surface area contributed by atoms with Crippen molar-refractivity contribution in [2.24, 2.45) is 0 Å². The number of fused-ring (bicyclic) bond motifs is 2. The van der Waals surface area contributed by atoms with Crippen molar-refractivity contribution in [3.63, 3.8) is 0 Å². The van der Waals surface area contributed by atoms with Gasteiger partial charge in [-0.3, -0.25) is 9.10 Å². The van der Waals surface area contributed by atoms with Crippen LogP contribution in [-0.2, 0) is 14.8 Å². The summed E-state index contributed by atoms with van der Waals surface area (Å²) < 4.78 is 39.7. The number of nitrogens with zero attached hydrogens (tertiary/aromatic N) is 1. The average Bonchev–Trinajstić information content (AvgIpc) is 2.91. The van der Waals surface area contributed by atoms with E-state index in [0.29, 0.717) is 11.4 Å². The minimum absolute atomic E-state index is 0.135. The number of nitrogens with one attached hydrogen (secondary N) is 1. The van der Waals surface area contributed by atoms with Gasteiger partial charge in [0.2, 0.25) is 0 Å². The zero-order valence-electron chi connectivity index (χ0n) is 18.8. The Morgan fingerprint density at radius 1 is 0.914 bits per heavy atom. The number of amides is 1. The van der Waals surface area contributed by atoms with E-state index in [2.05, 4.69) is 5.32 Å². The molecule has 5 rings (SSSR count). The Morgan fingerprint density at radius 2 is 1.63 bits per heavy atom. The summed E-state index contributed by atoms with van der Waals surface area (Å²) in [4.78, 5) is 13.1. The molecule has 1 atom stereocenters. The molecule has 7 nitrogen and oxygen atoms in total. The third-order valence-electron chi connectivity index (χ3n) is 5.77. The number of hydrogen-bond acceptors (Lipinski definition) is 5. The Kier molecular flexibility index (Phi) is 6.29. The van der Waals surface area contributed by atoms with Gasteiger partial charge in [0.25, 0.3) is 15.9 Å². The van der Waals surface area contributed by atoms with Crippen LogP contribution in [0.15, 0.2) is 102 Å². The summed E-state index contributed by atoms with van der Waals surface area (Å²) in [5.74, 6) is 0.667. The van der Waals surface area contributed by atoms with Gasteiger partial charge in [0.1, 0.15) is 18.1 Å². The Balaban J connectivity index is 1.27. The molecule has 8 heteroatoms. The summed E-state index contributed by atoms with van der Waals surface area (Å²) in [5.41, 5.74) is 0.402. The monoisotopic (exact) mass is 488 g/mol. The summed E-state index contributed by atoms with van der Waals surface area (Å²) in [6.07, 6.45) is -0.999. The van der Waals surface area contributed by atoms with Crippen LogP contribution in [0.25, 0.3) is 10.8 Å². The molecule has 0 fully saturated rings. The molecule has 1 amide bonds. The minimum Gasteiger partial charge on any atom is -0.491 e. The lowest BCUT2D eigenvalue weighted by Crippen LogP contribution is -2.51. The van der Waals surface area contributed by atoms with Crippen molar-refractivity contribution in [3.8, 4) is 11.5 Å². The highest BCUT2D eigenvalue weighted by Crippen LogP contribution is 2.36. The van der Waals surface area contributed by atoms with Crippen molar-refractivity contribution < 1.29 is 22.7 Å². The SMILES string of the molecule is O=C(NCCOc1cccc2ccccc12)[C@H]1CN(S(=O)(=O)c2ccccc2)c2ccccc2O1. The van der Waals surface area contributed by atoms with E-state index in [1.165, 1.54) is 16.4 Å². The average molecular weight is 489 g/mol. The van der Waals surface area contributed by atoms with Crippen LogP contribution >= 0.6 is 0 Å². The quantitative estimate of drug-likeness (QED) is 0.398. The largest absolute Gasteiger partial charge is 0.491 e.